The zero-order valence-corrected chi connectivity index (χ0v) is 12.5. The number of halogens is 1. The third-order valence-electron chi connectivity index (χ3n) is 3.81. The van der Waals surface area contributed by atoms with Crippen LogP contribution in [0.15, 0.2) is 40.2 Å². The summed E-state index contributed by atoms with van der Waals surface area (Å²) < 4.78 is 1.20. The van der Waals surface area contributed by atoms with Gasteiger partial charge in [-0.25, -0.2) is 0 Å². The lowest BCUT2D eigenvalue weighted by Crippen LogP contribution is -2.29. The highest BCUT2D eigenvalue weighted by atomic mass is 79.9. The Balaban J connectivity index is 1.79. The first-order valence-corrected chi connectivity index (χ1v) is 7.98. The molecule has 0 amide bonds. The van der Waals surface area contributed by atoms with Crippen LogP contribution >= 0.6 is 27.3 Å². The average Bonchev–Trinajstić information content (AvgIpc) is 2.96. The Morgan fingerprint density at radius 3 is 2.94 bits per heavy atom. The van der Waals surface area contributed by atoms with E-state index in [-0.39, 0.29) is 6.04 Å². The molecular weight excluding hydrogens is 306 g/mol. The van der Waals surface area contributed by atoms with Crippen molar-refractivity contribution in [2.75, 3.05) is 0 Å². The second-order valence-corrected chi connectivity index (χ2v) is 6.76. The lowest BCUT2D eigenvalue weighted by atomic mass is 9.91. The lowest BCUT2D eigenvalue weighted by Gasteiger charge is -2.20. The first-order valence-electron chi connectivity index (χ1n) is 6.31. The molecule has 0 fully saturated rings. The van der Waals surface area contributed by atoms with Crippen molar-refractivity contribution in [3.63, 3.8) is 0 Å². The molecule has 1 aliphatic rings. The summed E-state index contributed by atoms with van der Waals surface area (Å²) >= 11 is 5.38. The van der Waals surface area contributed by atoms with Crippen molar-refractivity contribution in [3.05, 3.63) is 56.2 Å². The Bertz CT molecular complexity index is 549. The van der Waals surface area contributed by atoms with E-state index in [4.69, 9.17) is 5.73 Å². The van der Waals surface area contributed by atoms with E-state index in [1.165, 1.54) is 33.3 Å². The predicted octanol–water partition coefficient (Wildman–Crippen LogP) is 4.11. The van der Waals surface area contributed by atoms with E-state index in [0.29, 0.717) is 5.92 Å². The summed E-state index contributed by atoms with van der Waals surface area (Å²) in [6.07, 6.45) is 3.35. The van der Waals surface area contributed by atoms with Crippen LogP contribution in [0.3, 0.4) is 0 Å². The first kappa shape index (κ1) is 12.4. The minimum absolute atomic E-state index is 0.226. The van der Waals surface area contributed by atoms with Crippen molar-refractivity contribution in [3.8, 4) is 0 Å². The molecule has 2 N–H and O–H groups in total. The van der Waals surface area contributed by atoms with E-state index in [1.54, 1.807) is 11.3 Å². The molecule has 2 unspecified atom stereocenters. The van der Waals surface area contributed by atoms with Crippen LogP contribution in [0.5, 0.6) is 0 Å². The standard InChI is InChI=1S/C15H16BrNS/c16-13-7-8-18-15(13)9-14(17)12-6-5-10-3-1-2-4-11(10)12/h1-4,7-8,12,14H,5-6,9,17H2. The molecule has 1 aliphatic carbocycles. The number of hydrogen-bond acceptors (Lipinski definition) is 2. The number of rotatable bonds is 3. The number of hydrogen-bond donors (Lipinski definition) is 1. The molecule has 0 bridgehead atoms. The summed E-state index contributed by atoms with van der Waals surface area (Å²) in [7, 11) is 0. The maximum atomic E-state index is 6.44. The number of benzene rings is 1. The average molecular weight is 322 g/mol. The van der Waals surface area contributed by atoms with Crippen molar-refractivity contribution in [1.29, 1.82) is 0 Å². The van der Waals surface area contributed by atoms with Gasteiger partial charge in [0.25, 0.3) is 0 Å². The van der Waals surface area contributed by atoms with Crippen molar-refractivity contribution >= 4 is 27.3 Å². The van der Waals surface area contributed by atoms with Crippen molar-refractivity contribution in [2.24, 2.45) is 5.73 Å². The van der Waals surface area contributed by atoms with Crippen LogP contribution in [0, 0.1) is 0 Å². The van der Waals surface area contributed by atoms with Crippen LogP contribution in [-0.2, 0) is 12.8 Å². The van der Waals surface area contributed by atoms with Gasteiger partial charge in [0, 0.05) is 15.4 Å². The Hall–Kier alpha value is -0.640. The van der Waals surface area contributed by atoms with Crippen LogP contribution < -0.4 is 5.73 Å². The highest BCUT2D eigenvalue weighted by Gasteiger charge is 2.27. The summed E-state index contributed by atoms with van der Waals surface area (Å²) in [5.41, 5.74) is 9.40. The molecule has 0 radical (unpaired) electrons. The second kappa shape index (κ2) is 5.16. The van der Waals surface area contributed by atoms with E-state index in [2.05, 4.69) is 51.6 Å². The Morgan fingerprint density at radius 1 is 1.33 bits per heavy atom. The van der Waals surface area contributed by atoms with Gasteiger partial charge in [0.15, 0.2) is 0 Å². The van der Waals surface area contributed by atoms with Gasteiger partial charge in [-0.3, -0.25) is 0 Å². The van der Waals surface area contributed by atoms with Crippen LogP contribution in [0.4, 0.5) is 0 Å². The third-order valence-corrected chi connectivity index (χ3v) is 5.76. The summed E-state index contributed by atoms with van der Waals surface area (Å²) in [4.78, 5) is 1.37. The van der Waals surface area contributed by atoms with Gasteiger partial charge in [0.05, 0.1) is 0 Å². The molecule has 2 atom stereocenters. The van der Waals surface area contributed by atoms with E-state index in [1.807, 2.05) is 0 Å². The fourth-order valence-electron chi connectivity index (χ4n) is 2.86. The second-order valence-electron chi connectivity index (χ2n) is 4.90. The maximum absolute atomic E-state index is 6.44. The zero-order valence-electron chi connectivity index (χ0n) is 10.1. The fourth-order valence-corrected chi connectivity index (χ4v) is 4.45. The van der Waals surface area contributed by atoms with E-state index in [9.17, 15) is 0 Å². The molecule has 3 heteroatoms. The number of aryl methyl sites for hydroxylation is 1. The molecule has 1 aromatic heterocycles. The number of fused-ring (bicyclic) bond motifs is 1. The maximum Gasteiger partial charge on any atom is 0.0314 e. The molecule has 0 saturated heterocycles. The number of thiophene rings is 1. The van der Waals surface area contributed by atoms with Crippen molar-refractivity contribution in [1.82, 2.24) is 0 Å². The monoisotopic (exact) mass is 321 g/mol. The molecule has 18 heavy (non-hydrogen) atoms. The number of nitrogens with two attached hydrogens (primary N) is 1. The van der Waals surface area contributed by atoms with Crippen LogP contribution in [0.2, 0.25) is 0 Å². The lowest BCUT2D eigenvalue weighted by molar-refractivity contribution is 0.527. The largest absolute Gasteiger partial charge is 0.327 e. The van der Waals surface area contributed by atoms with Crippen molar-refractivity contribution < 1.29 is 0 Å². The molecule has 1 heterocycles. The van der Waals surface area contributed by atoms with E-state index in [0.717, 1.165) is 6.42 Å². The van der Waals surface area contributed by atoms with E-state index < -0.39 is 0 Å². The minimum atomic E-state index is 0.226. The molecule has 0 spiro atoms. The first-order chi connectivity index (χ1) is 8.75. The Kier molecular flexibility index (Phi) is 3.55. The van der Waals surface area contributed by atoms with Gasteiger partial charge in [0.2, 0.25) is 0 Å². The molecular formula is C15H16BrNS. The molecule has 2 aromatic rings. The minimum Gasteiger partial charge on any atom is -0.327 e. The predicted molar refractivity (Wildman–Crippen MR) is 81.2 cm³/mol. The molecule has 3 rings (SSSR count). The molecule has 1 nitrogen and oxygen atoms in total. The van der Waals surface area contributed by atoms with Crippen LogP contribution in [0.1, 0.15) is 28.3 Å². The quantitative estimate of drug-likeness (QED) is 0.904. The fraction of sp³-hybridized carbons (Fsp3) is 0.333. The zero-order chi connectivity index (χ0) is 12.5. The SMILES string of the molecule is NC(Cc1sccc1Br)C1CCc2ccccc21. The van der Waals surface area contributed by atoms with Gasteiger partial charge in [-0.2, -0.15) is 0 Å². The molecule has 94 valence electrons. The van der Waals surface area contributed by atoms with Crippen LogP contribution in [-0.4, -0.2) is 6.04 Å². The molecule has 0 aliphatic heterocycles. The van der Waals surface area contributed by atoms with Gasteiger partial charge >= 0.3 is 0 Å². The topological polar surface area (TPSA) is 26.0 Å². The summed E-state index contributed by atoms with van der Waals surface area (Å²) in [5.74, 6) is 0.523. The summed E-state index contributed by atoms with van der Waals surface area (Å²) in [5, 5.41) is 2.12. The Labute approximate surface area is 120 Å². The summed E-state index contributed by atoms with van der Waals surface area (Å²) in [6, 6.07) is 11.1. The van der Waals surface area contributed by atoms with Crippen molar-refractivity contribution in [2.45, 2.75) is 31.2 Å². The smallest absolute Gasteiger partial charge is 0.0314 e. The van der Waals surface area contributed by atoms with Gasteiger partial charge < -0.3 is 5.73 Å². The Morgan fingerprint density at radius 2 is 2.17 bits per heavy atom. The normalized spacial score (nSPS) is 19.8. The van der Waals surface area contributed by atoms with E-state index >= 15 is 0 Å². The molecule has 0 saturated carbocycles. The van der Waals surface area contributed by atoms with Gasteiger partial charge in [-0.1, -0.05) is 24.3 Å². The van der Waals surface area contributed by atoms with Gasteiger partial charge in [-0.15, -0.1) is 11.3 Å². The highest BCUT2D eigenvalue weighted by molar-refractivity contribution is 9.10. The van der Waals surface area contributed by atoms with Gasteiger partial charge in [-0.05, 0) is 63.7 Å². The third kappa shape index (κ3) is 2.27. The molecule has 1 aromatic carbocycles. The van der Waals surface area contributed by atoms with Gasteiger partial charge in [0.1, 0.15) is 0 Å². The highest BCUT2D eigenvalue weighted by Crippen LogP contribution is 2.36. The summed E-state index contributed by atoms with van der Waals surface area (Å²) in [6.45, 7) is 0. The van der Waals surface area contributed by atoms with Crippen LogP contribution in [0.25, 0.3) is 0 Å².